The molecule has 110 valence electrons. The van der Waals surface area contributed by atoms with Crippen LogP contribution in [0, 0.1) is 11.3 Å². The molecule has 0 aliphatic carbocycles. The Balaban J connectivity index is 2.49. The first kappa shape index (κ1) is 16.0. The van der Waals surface area contributed by atoms with Gasteiger partial charge in [-0.15, -0.1) is 0 Å². The molecule has 0 spiro atoms. The molecule has 2 atom stereocenters. The van der Waals surface area contributed by atoms with Gasteiger partial charge in [0, 0.05) is 19.1 Å². The molecule has 19 heavy (non-hydrogen) atoms. The van der Waals surface area contributed by atoms with Gasteiger partial charge in [0.05, 0.1) is 12.6 Å². The molecule has 1 saturated heterocycles. The second kappa shape index (κ2) is 6.94. The number of guanidine groups is 1. The number of ether oxygens (including phenoxy) is 1. The van der Waals surface area contributed by atoms with Crippen LogP contribution < -0.4 is 11.1 Å². The highest BCUT2D eigenvalue weighted by molar-refractivity contribution is 5.77. The lowest BCUT2D eigenvalue weighted by Crippen LogP contribution is -2.46. The summed E-state index contributed by atoms with van der Waals surface area (Å²) in [4.78, 5) is 4.24. The summed E-state index contributed by atoms with van der Waals surface area (Å²) in [5, 5.41) is 3.22. The third kappa shape index (κ3) is 5.64. The van der Waals surface area contributed by atoms with Crippen molar-refractivity contribution >= 4 is 5.96 Å². The SMILES string of the molecule is C=C(C)CN=C(N)NCC1CCCOC1C(C)(C)C. The Bertz CT molecular complexity index is 331. The van der Waals surface area contributed by atoms with Crippen molar-refractivity contribution < 1.29 is 4.74 Å². The van der Waals surface area contributed by atoms with Gasteiger partial charge >= 0.3 is 0 Å². The fraction of sp³-hybridized carbons (Fsp3) is 0.800. The lowest BCUT2D eigenvalue weighted by Gasteiger charge is -2.40. The topological polar surface area (TPSA) is 59.6 Å². The Morgan fingerprint density at radius 1 is 1.47 bits per heavy atom. The Morgan fingerprint density at radius 3 is 2.74 bits per heavy atom. The van der Waals surface area contributed by atoms with E-state index in [1.807, 2.05) is 6.92 Å². The van der Waals surface area contributed by atoms with Crippen LogP contribution in [0.4, 0.5) is 0 Å². The van der Waals surface area contributed by atoms with Crippen LogP contribution in [0.1, 0.15) is 40.5 Å². The molecule has 0 amide bonds. The first-order valence-electron chi connectivity index (χ1n) is 7.10. The highest BCUT2D eigenvalue weighted by Gasteiger charge is 2.35. The second-order valence-corrected chi connectivity index (χ2v) is 6.60. The number of hydrogen-bond acceptors (Lipinski definition) is 2. The third-order valence-corrected chi connectivity index (χ3v) is 3.36. The molecular weight excluding hydrogens is 238 g/mol. The predicted molar refractivity (Wildman–Crippen MR) is 81.2 cm³/mol. The maximum Gasteiger partial charge on any atom is 0.188 e. The highest BCUT2D eigenvalue weighted by atomic mass is 16.5. The van der Waals surface area contributed by atoms with Crippen LogP contribution in [-0.4, -0.2) is 31.8 Å². The smallest absolute Gasteiger partial charge is 0.188 e. The third-order valence-electron chi connectivity index (χ3n) is 3.36. The van der Waals surface area contributed by atoms with Crippen LogP contribution in [0.3, 0.4) is 0 Å². The number of nitrogens with zero attached hydrogens (tertiary/aromatic N) is 1. The van der Waals surface area contributed by atoms with E-state index in [0.717, 1.165) is 25.1 Å². The first-order chi connectivity index (χ1) is 8.80. The molecule has 0 aromatic carbocycles. The molecule has 0 radical (unpaired) electrons. The molecule has 1 heterocycles. The first-order valence-corrected chi connectivity index (χ1v) is 7.10. The van der Waals surface area contributed by atoms with Crippen molar-refractivity contribution in [2.45, 2.75) is 46.6 Å². The van der Waals surface area contributed by atoms with Crippen LogP contribution in [0.2, 0.25) is 0 Å². The highest BCUT2D eigenvalue weighted by Crippen LogP contribution is 2.33. The predicted octanol–water partition coefficient (Wildman–Crippen LogP) is 2.31. The van der Waals surface area contributed by atoms with Crippen molar-refractivity contribution in [2.75, 3.05) is 19.7 Å². The van der Waals surface area contributed by atoms with E-state index in [2.05, 4.69) is 37.7 Å². The van der Waals surface area contributed by atoms with Crippen LogP contribution >= 0.6 is 0 Å². The summed E-state index contributed by atoms with van der Waals surface area (Å²) in [6, 6.07) is 0. The molecule has 0 bridgehead atoms. The minimum atomic E-state index is 0.163. The van der Waals surface area contributed by atoms with E-state index < -0.39 is 0 Å². The van der Waals surface area contributed by atoms with Gasteiger partial charge in [-0.3, -0.25) is 0 Å². The average Bonchev–Trinajstić information content (AvgIpc) is 2.33. The van der Waals surface area contributed by atoms with Crippen LogP contribution in [-0.2, 0) is 4.74 Å². The summed E-state index contributed by atoms with van der Waals surface area (Å²) in [5.41, 5.74) is 7.03. The summed E-state index contributed by atoms with van der Waals surface area (Å²) in [7, 11) is 0. The fourth-order valence-corrected chi connectivity index (χ4v) is 2.52. The van der Waals surface area contributed by atoms with Crippen molar-refractivity contribution in [3.8, 4) is 0 Å². The number of aliphatic imine (C=N–C) groups is 1. The summed E-state index contributed by atoms with van der Waals surface area (Å²) >= 11 is 0. The Hall–Kier alpha value is -1.03. The standard InChI is InChI=1S/C15H29N3O/c1-11(2)9-17-14(16)18-10-12-7-6-8-19-13(12)15(3,4)5/h12-13H,1,6-10H2,2-5H3,(H3,16,17,18). The van der Waals surface area contributed by atoms with E-state index >= 15 is 0 Å². The molecule has 4 heteroatoms. The summed E-state index contributed by atoms with van der Waals surface area (Å²) in [5.74, 6) is 0.994. The summed E-state index contributed by atoms with van der Waals surface area (Å²) in [6.45, 7) is 14.7. The van der Waals surface area contributed by atoms with E-state index in [0.29, 0.717) is 18.4 Å². The molecule has 1 rings (SSSR count). The maximum atomic E-state index is 5.95. The van der Waals surface area contributed by atoms with Gasteiger partial charge < -0.3 is 15.8 Å². The number of rotatable bonds is 4. The van der Waals surface area contributed by atoms with Crippen molar-refractivity contribution in [3.63, 3.8) is 0 Å². The van der Waals surface area contributed by atoms with Gasteiger partial charge in [0.25, 0.3) is 0 Å². The van der Waals surface area contributed by atoms with Gasteiger partial charge in [-0.05, 0) is 25.2 Å². The normalized spacial score (nSPS) is 25.2. The molecule has 1 fully saturated rings. The Labute approximate surface area is 117 Å². The van der Waals surface area contributed by atoms with Crippen molar-refractivity contribution in [3.05, 3.63) is 12.2 Å². The van der Waals surface area contributed by atoms with Crippen molar-refractivity contribution in [1.29, 1.82) is 0 Å². The second-order valence-electron chi connectivity index (χ2n) is 6.60. The van der Waals surface area contributed by atoms with Crippen LogP contribution in [0.15, 0.2) is 17.1 Å². The van der Waals surface area contributed by atoms with E-state index in [1.54, 1.807) is 0 Å². The van der Waals surface area contributed by atoms with Gasteiger partial charge in [0.2, 0.25) is 0 Å². The molecule has 0 saturated carbocycles. The van der Waals surface area contributed by atoms with E-state index in [-0.39, 0.29) is 11.5 Å². The van der Waals surface area contributed by atoms with Crippen molar-refractivity contribution in [1.82, 2.24) is 5.32 Å². The summed E-state index contributed by atoms with van der Waals surface area (Å²) in [6.07, 6.45) is 2.59. The Morgan fingerprint density at radius 2 is 2.16 bits per heavy atom. The van der Waals surface area contributed by atoms with Crippen LogP contribution in [0.5, 0.6) is 0 Å². The van der Waals surface area contributed by atoms with E-state index in [9.17, 15) is 0 Å². The number of hydrogen-bond donors (Lipinski definition) is 2. The number of nitrogens with two attached hydrogens (primary N) is 1. The van der Waals surface area contributed by atoms with E-state index in [4.69, 9.17) is 10.5 Å². The van der Waals surface area contributed by atoms with Gasteiger partial charge in [0.15, 0.2) is 5.96 Å². The zero-order valence-electron chi connectivity index (χ0n) is 12.8. The Kier molecular flexibility index (Phi) is 5.85. The maximum absolute atomic E-state index is 5.95. The lowest BCUT2D eigenvalue weighted by molar-refractivity contribution is -0.0835. The summed E-state index contributed by atoms with van der Waals surface area (Å²) < 4.78 is 5.95. The largest absolute Gasteiger partial charge is 0.377 e. The minimum absolute atomic E-state index is 0.163. The minimum Gasteiger partial charge on any atom is -0.377 e. The molecule has 3 N–H and O–H groups in total. The quantitative estimate of drug-likeness (QED) is 0.467. The van der Waals surface area contributed by atoms with Crippen LogP contribution in [0.25, 0.3) is 0 Å². The van der Waals surface area contributed by atoms with Gasteiger partial charge in [-0.2, -0.15) is 0 Å². The average molecular weight is 267 g/mol. The van der Waals surface area contributed by atoms with Gasteiger partial charge in [0.1, 0.15) is 0 Å². The van der Waals surface area contributed by atoms with E-state index in [1.165, 1.54) is 6.42 Å². The van der Waals surface area contributed by atoms with Crippen molar-refractivity contribution in [2.24, 2.45) is 22.1 Å². The molecule has 1 aliphatic heterocycles. The zero-order valence-corrected chi connectivity index (χ0v) is 12.8. The van der Waals surface area contributed by atoms with Gasteiger partial charge in [-0.25, -0.2) is 4.99 Å². The molecule has 0 aromatic rings. The van der Waals surface area contributed by atoms with Gasteiger partial charge in [-0.1, -0.05) is 32.9 Å². The molecule has 2 unspecified atom stereocenters. The molecule has 0 aromatic heterocycles. The molecule has 4 nitrogen and oxygen atoms in total. The zero-order chi connectivity index (χ0) is 14.5. The lowest BCUT2D eigenvalue weighted by atomic mass is 9.78. The molecule has 1 aliphatic rings. The fourth-order valence-electron chi connectivity index (χ4n) is 2.52. The molecular formula is C15H29N3O. The number of nitrogens with one attached hydrogen (secondary N) is 1. The monoisotopic (exact) mass is 267 g/mol.